The van der Waals surface area contributed by atoms with Crippen molar-refractivity contribution in [1.29, 1.82) is 0 Å². The molecule has 0 atom stereocenters. The first kappa shape index (κ1) is 22.4. The summed E-state index contributed by atoms with van der Waals surface area (Å²) >= 11 is 0. The number of carbonyl (C=O) groups excluding carboxylic acids is 1. The van der Waals surface area contributed by atoms with Gasteiger partial charge < -0.3 is 14.0 Å². The predicted octanol–water partition coefficient (Wildman–Crippen LogP) is 3.48. The van der Waals surface area contributed by atoms with Crippen LogP contribution in [0.25, 0.3) is 0 Å². The first-order valence-electron chi connectivity index (χ1n) is 6.70. The fourth-order valence-electron chi connectivity index (χ4n) is 1.25. The molecule has 0 rings (SSSR count). The fraction of sp³-hybridized carbons (Fsp3) is 0.769. The quantitative estimate of drug-likeness (QED) is 0.385. The minimum absolute atomic E-state index is 0. The standard InChI is InChI=1S/C13H28O4Si2.Cu/c1-18(2,3)16-9-7-12(14)11-13(15)8-10-17-19(4,5)6;/h11,14H,7-10H2,1-6H3;/b12-11-;. The summed E-state index contributed by atoms with van der Waals surface area (Å²) in [5.41, 5.74) is 0. The molecule has 0 unspecified atom stereocenters. The summed E-state index contributed by atoms with van der Waals surface area (Å²) in [6.07, 6.45) is 2.01. The van der Waals surface area contributed by atoms with Crippen LogP contribution in [0.15, 0.2) is 11.8 Å². The van der Waals surface area contributed by atoms with Crippen molar-refractivity contribution < 1.29 is 35.8 Å². The van der Waals surface area contributed by atoms with Crippen LogP contribution in [0.2, 0.25) is 39.3 Å². The normalized spacial score (nSPS) is 13.0. The van der Waals surface area contributed by atoms with E-state index in [1.807, 2.05) is 0 Å². The number of aliphatic hydroxyl groups excluding tert-OH is 1. The molecule has 1 radical (unpaired) electrons. The summed E-state index contributed by atoms with van der Waals surface area (Å²) < 4.78 is 11.2. The van der Waals surface area contributed by atoms with Crippen molar-refractivity contribution in [2.24, 2.45) is 0 Å². The van der Waals surface area contributed by atoms with Gasteiger partial charge in [-0.2, -0.15) is 0 Å². The zero-order chi connectivity index (χ0) is 15.1. The van der Waals surface area contributed by atoms with E-state index in [1.165, 1.54) is 6.08 Å². The average molecular weight is 368 g/mol. The summed E-state index contributed by atoms with van der Waals surface area (Å²) in [6, 6.07) is 0. The fourth-order valence-corrected chi connectivity index (χ4v) is 2.68. The summed E-state index contributed by atoms with van der Waals surface area (Å²) in [7, 11) is -3.10. The van der Waals surface area contributed by atoms with Crippen molar-refractivity contribution in [2.75, 3.05) is 13.2 Å². The van der Waals surface area contributed by atoms with Crippen LogP contribution in [0.3, 0.4) is 0 Å². The first-order valence-corrected chi connectivity index (χ1v) is 13.5. The van der Waals surface area contributed by atoms with Gasteiger partial charge in [0.15, 0.2) is 22.4 Å². The Kier molecular flexibility index (Phi) is 11.1. The largest absolute Gasteiger partial charge is 0.512 e. The first-order chi connectivity index (χ1) is 8.49. The van der Waals surface area contributed by atoms with E-state index < -0.39 is 16.6 Å². The maximum atomic E-state index is 11.6. The molecule has 0 amide bonds. The third-order valence-electron chi connectivity index (χ3n) is 2.10. The molecule has 0 fully saturated rings. The summed E-state index contributed by atoms with van der Waals surface area (Å²) in [5, 5.41) is 9.62. The van der Waals surface area contributed by atoms with E-state index in [2.05, 4.69) is 39.3 Å². The minimum atomic E-state index is -1.56. The van der Waals surface area contributed by atoms with Gasteiger partial charge in [-0.1, -0.05) is 0 Å². The van der Waals surface area contributed by atoms with Crippen molar-refractivity contribution >= 4 is 22.4 Å². The Hall–Kier alpha value is 0.0832. The SMILES string of the molecule is C[Si](C)(C)OCCC(=O)/C=C(\O)CCO[Si](C)(C)C.[Cu]. The van der Waals surface area contributed by atoms with E-state index in [-0.39, 0.29) is 28.6 Å². The second kappa shape index (κ2) is 9.92. The Balaban J connectivity index is 0. The Bertz CT molecular complexity index is 319. The van der Waals surface area contributed by atoms with E-state index >= 15 is 0 Å². The molecule has 0 aromatic carbocycles. The Morgan fingerprint density at radius 3 is 1.75 bits per heavy atom. The molecule has 0 bridgehead atoms. The van der Waals surface area contributed by atoms with Crippen LogP contribution >= 0.6 is 0 Å². The predicted molar refractivity (Wildman–Crippen MR) is 83.5 cm³/mol. The molecule has 1 N–H and O–H groups in total. The number of aliphatic hydroxyl groups is 1. The molecule has 7 heteroatoms. The Morgan fingerprint density at radius 1 is 0.950 bits per heavy atom. The molecule has 0 aliphatic heterocycles. The molecular weight excluding hydrogens is 340 g/mol. The molecule has 4 nitrogen and oxygen atoms in total. The Labute approximate surface area is 135 Å². The molecule has 0 aliphatic rings. The topological polar surface area (TPSA) is 55.8 Å². The third kappa shape index (κ3) is 16.1. The van der Waals surface area contributed by atoms with Crippen LogP contribution in [0.1, 0.15) is 12.8 Å². The van der Waals surface area contributed by atoms with Crippen molar-refractivity contribution in [3.8, 4) is 0 Å². The van der Waals surface area contributed by atoms with Gasteiger partial charge in [0.2, 0.25) is 0 Å². The molecule has 0 heterocycles. The van der Waals surface area contributed by atoms with Crippen molar-refractivity contribution in [3.05, 3.63) is 11.8 Å². The van der Waals surface area contributed by atoms with Crippen LogP contribution < -0.4 is 0 Å². The number of hydrogen-bond donors (Lipinski definition) is 1. The number of carbonyl (C=O) groups is 1. The van der Waals surface area contributed by atoms with Crippen LogP contribution in [0.4, 0.5) is 0 Å². The number of rotatable bonds is 9. The van der Waals surface area contributed by atoms with Crippen LogP contribution in [-0.4, -0.2) is 40.7 Å². The van der Waals surface area contributed by atoms with Crippen LogP contribution in [-0.2, 0) is 30.7 Å². The molecule has 0 spiro atoms. The summed E-state index contributed by atoms with van der Waals surface area (Å²) in [4.78, 5) is 11.6. The third-order valence-corrected chi connectivity index (χ3v) is 4.24. The van der Waals surface area contributed by atoms with Gasteiger partial charge in [-0.25, -0.2) is 0 Å². The molecule has 20 heavy (non-hydrogen) atoms. The van der Waals surface area contributed by atoms with Gasteiger partial charge in [-0.15, -0.1) is 0 Å². The zero-order valence-corrected chi connectivity index (χ0v) is 16.3. The molecule has 123 valence electrons. The monoisotopic (exact) mass is 367 g/mol. The Morgan fingerprint density at radius 2 is 1.35 bits per heavy atom. The van der Waals surface area contributed by atoms with Crippen molar-refractivity contribution in [3.63, 3.8) is 0 Å². The van der Waals surface area contributed by atoms with Crippen molar-refractivity contribution in [1.82, 2.24) is 0 Å². The summed E-state index contributed by atoms with van der Waals surface area (Å²) in [5.74, 6) is 0.00000661. The van der Waals surface area contributed by atoms with Gasteiger partial charge in [-0.3, -0.25) is 4.79 Å². The van der Waals surface area contributed by atoms with Crippen LogP contribution in [0, 0.1) is 0 Å². The van der Waals surface area contributed by atoms with Gasteiger partial charge in [0.1, 0.15) is 0 Å². The van der Waals surface area contributed by atoms with E-state index in [1.54, 1.807) is 0 Å². The average Bonchev–Trinajstić information content (AvgIpc) is 2.12. The molecule has 0 aromatic rings. The molecule has 0 aliphatic carbocycles. The minimum Gasteiger partial charge on any atom is -0.512 e. The number of hydrogen-bond acceptors (Lipinski definition) is 4. The zero-order valence-electron chi connectivity index (χ0n) is 13.4. The molecule has 0 saturated heterocycles. The summed E-state index contributed by atoms with van der Waals surface area (Å²) in [6.45, 7) is 13.4. The van der Waals surface area contributed by atoms with Gasteiger partial charge >= 0.3 is 0 Å². The molecule has 0 aromatic heterocycles. The number of allylic oxidation sites excluding steroid dienone is 1. The smallest absolute Gasteiger partial charge is 0.183 e. The van der Waals surface area contributed by atoms with Crippen molar-refractivity contribution in [2.45, 2.75) is 52.1 Å². The number of ketones is 1. The van der Waals surface area contributed by atoms with E-state index in [4.69, 9.17) is 8.85 Å². The maximum absolute atomic E-state index is 11.6. The van der Waals surface area contributed by atoms with Gasteiger partial charge in [0.25, 0.3) is 0 Å². The molecular formula is C13H28CuO4Si2. The van der Waals surface area contributed by atoms with E-state index in [0.717, 1.165) is 0 Å². The second-order valence-electron chi connectivity index (χ2n) is 6.52. The van der Waals surface area contributed by atoms with Gasteiger partial charge in [0.05, 0.1) is 5.76 Å². The van der Waals surface area contributed by atoms with Gasteiger partial charge in [-0.05, 0) is 39.3 Å². The van der Waals surface area contributed by atoms with Gasteiger partial charge in [0, 0.05) is 49.2 Å². The maximum Gasteiger partial charge on any atom is 0.183 e. The molecule has 0 saturated carbocycles. The van der Waals surface area contributed by atoms with E-state index in [9.17, 15) is 9.90 Å². The van der Waals surface area contributed by atoms with Crippen LogP contribution in [0.5, 0.6) is 0 Å². The second-order valence-corrected chi connectivity index (χ2v) is 15.6. The van der Waals surface area contributed by atoms with E-state index in [0.29, 0.717) is 26.1 Å².